The quantitative estimate of drug-likeness (QED) is 0.0259. The fourth-order valence-electron chi connectivity index (χ4n) is 7.06. The number of carbonyl (C=O) groups excluding carboxylic acids is 3. The lowest BCUT2D eigenvalue weighted by atomic mass is 10.1. The summed E-state index contributed by atoms with van der Waals surface area (Å²) < 4.78 is 17.2. The van der Waals surface area contributed by atoms with Gasteiger partial charge in [0, 0.05) is 19.3 Å². The number of likely N-dealkylation sites (N-methyl/N-ethyl adjacent to an activating group) is 1. The lowest BCUT2D eigenvalue weighted by Crippen LogP contribution is -2.55. The summed E-state index contributed by atoms with van der Waals surface area (Å²) in [5.41, 5.74) is 0. The molecule has 0 heterocycles. The molecule has 0 aliphatic heterocycles. The lowest BCUT2D eigenvalue weighted by Gasteiger charge is -2.34. The SMILES string of the molecule is CC/C=C/C/C=C/C/C=C/C/C=C/C/C=C/C/C=C/CCCCC(=O)OC(COCCC(C(=O)[O-])[N+](C)(C)C)COC(=O)CCCCCCCCCCCC/C=C/C/C=C/C/C=C/C/C=C/CC. The largest absolute Gasteiger partial charge is 0.544 e. The van der Waals surface area contributed by atoms with E-state index in [1.165, 1.54) is 44.9 Å². The smallest absolute Gasteiger partial charge is 0.306 e. The number of carboxylic acids is 1. The van der Waals surface area contributed by atoms with E-state index in [-0.39, 0.29) is 49.1 Å². The molecule has 0 aliphatic carbocycles. The number of nitrogens with zero attached hydrogens (tertiary/aromatic N) is 1. The second kappa shape index (κ2) is 49.2. The average Bonchev–Trinajstić information content (AvgIpc) is 3.30. The normalized spacial score (nSPS) is 13.8. The first-order chi connectivity index (χ1) is 33.1. The first-order valence-electron chi connectivity index (χ1n) is 26.6. The summed E-state index contributed by atoms with van der Waals surface area (Å²) in [6.45, 7) is 4.38. The van der Waals surface area contributed by atoms with E-state index in [0.29, 0.717) is 12.8 Å². The maximum Gasteiger partial charge on any atom is 0.306 e. The van der Waals surface area contributed by atoms with Crippen LogP contribution in [0.1, 0.15) is 187 Å². The van der Waals surface area contributed by atoms with Crippen molar-refractivity contribution < 1.29 is 38.2 Å². The molecule has 0 bridgehead atoms. The first-order valence-corrected chi connectivity index (χ1v) is 26.6. The molecule has 0 saturated heterocycles. The van der Waals surface area contributed by atoms with Crippen molar-refractivity contribution in [3.05, 3.63) is 122 Å². The molecule has 0 radical (unpaired) electrons. The molecule has 0 rings (SSSR count). The van der Waals surface area contributed by atoms with E-state index in [4.69, 9.17) is 14.2 Å². The molecule has 0 amide bonds. The average molecular weight is 944 g/mol. The van der Waals surface area contributed by atoms with Crippen molar-refractivity contribution in [3.63, 3.8) is 0 Å². The van der Waals surface area contributed by atoms with Gasteiger partial charge < -0.3 is 28.6 Å². The number of carbonyl (C=O) groups is 3. The van der Waals surface area contributed by atoms with Crippen LogP contribution in [0.2, 0.25) is 0 Å². The van der Waals surface area contributed by atoms with E-state index in [2.05, 4.69) is 135 Å². The van der Waals surface area contributed by atoms with Crippen LogP contribution in [0.3, 0.4) is 0 Å². The van der Waals surface area contributed by atoms with Gasteiger partial charge in [-0.05, 0) is 103 Å². The van der Waals surface area contributed by atoms with Crippen LogP contribution in [0.5, 0.6) is 0 Å². The van der Waals surface area contributed by atoms with Gasteiger partial charge in [-0.25, -0.2) is 0 Å². The molecule has 0 aromatic heterocycles. The van der Waals surface area contributed by atoms with Crippen LogP contribution in [-0.2, 0) is 28.6 Å². The number of unbranched alkanes of at least 4 members (excludes halogenated alkanes) is 12. The highest BCUT2D eigenvalue weighted by molar-refractivity contribution is 5.70. The Morgan fingerprint density at radius 3 is 1.18 bits per heavy atom. The Morgan fingerprint density at radius 1 is 0.441 bits per heavy atom. The minimum Gasteiger partial charge on any atom is -0.544 e. The van der Waals surface area contributed by atoms with Gasteiger partial charge in [-0.1, -0.05) is 187 Å². The Morgan fingerprint density at radius 2 is 0.779 bits per heavy atom. The number of ether oxygens (including phenoxy) is 3. The Kier molecular flexibility index (Phi) is 46.1. The number of hydrogen-bond acceptors (Lipinski definition) is 7. The Balaban J connectivity index is 4.33. The molecule has 0 aliphatic rings. The van der Waals surface area contributed by atoms with Crippen molar-refractivity contribution >= 4 is 17.9 Å². The van der Waals surface area contributed by atoms with Gasteiger partial charge in [0.2, 0.25) is 0 Å². The van der Waals surface area contributed by atoms with Crippen LogP contribution in [0.4, 0.5) is 0 Å². The number of carboxylic acid groups (broad SMARTS) is 1. The zero-order chi connectivity index (χ0) is 49.9. The molecule has 384 valence electrons. The fraction of sp³-hybridized carbons (Fsp3) is 0.617. The number of aliphatic carboxylic acids is 1. The highest BCUT2D eigenvalue weighted by atomic mass is 16.6. The topological polar surface area (TPSA) is 102 Å². The van der Waals surface area contributed by atoms with Crippen LogP contribution in [-0.4, -0.2) is 75.5 Å². The van der Waals surface area contributed by atoms with Gasteiger partial charge in [0.05, 0.1) is 40.3 Å². The second-order valence-electron chi connectivity index (χ2n) is 18.3. The van der Waals surface area contributed by atoms with Crippen molar-refractivity contribution in [3.8, 4) is 0 Å². The Labute approximate surface area is 416 Å². The molecule has 0 saturated carbocycles. The third-order valence-electron chi connectivity index (χ3n) is 11.1. The van der Waals surface area contributed by atoms with Crippen molar-refractivity contribution in [1.82, 2.24) is 0 Å². The maximum atomic E-state index is 12.8. The van der Waals surface area contributed by atoms with E-state index in [1.807, 2.05) is 0 Å². The molecule has 8 nitrogen and oxygen atoms in total. The number of rotatable bonds is 46. The monoisotopic (exact) mass is 944 g/mol. The zero-order valence-electron chi connectivity index (χ0n) is 43.7. The summed E-state index contributed by atoms with van der Waals surface area (Å²) in [4.78, 5) is 37.1. The third-order valence-corrected chi connectivity index (χ3v) is 11.1. The van der Waals surface area contributed by atoms with Gasteiger partial charge in [-0.15, -0.1) is 0 Å². The number of quaternary nitrogens is 1. The molecule has 68 heavy (non-hydrogen) atoms. The second-order valence-corrected chi connectivity index (χ2v) is 18.3. The van der Waals surface area contributed by atoms with Crippen molar-refractivity contribution in [2.45, 2.75) is 199 Å². The van der Waals surface area contributed by atoms with Crippen molar-refractivity contribution in [2.24, 2.45) is 0 Å². The Bertz CT molecular complexity index is 1520. The van der Waals surface area contributed by atoms with Crippen LogP contribution in [0, 0.1) is 0 Å². The molecule has 0 aromatic carbocycles. The van der Waals surface area contributed by atoms with E-state index in [9.17, 15) is 19.5 Å². The van der Waals surface area contributed by atoms with E-state index in [0.717, 1.165) is 103 Å². The predicted octanol–water partition coefficient (Wildman–Crippen LogP) is 14.4. The summed E-state index contributed by atoms with van der Waals surface area (Å²) in [5, 5.41) is 11.7. The highest BCUT2D eigenvalue weighted by Crippen LogP contribution is 2.14. The standard InChI is InChI=1S/C60H97NO7/c1-6-8-10-12-14-16-18-20-22-24-26-28-29-31-32-34-36-38-40-42-44-46-48-50-58(62)67-55-56(54-66-53-52-57(60(64)65)61(3,4)5)68-59(63)51-49-47-45-43-41-39-37-35-33-30-27-25-23-21-19-17-15-13-11-9-7-2/h8-11,14-17,20-23,26-28,30,35,37,41,43,56-57H,6-7,12-13,18-19,24-25,29,31-34,36,38-40,42,44-55H2,1-5H3/b10-8+,11-9+,16-14+,17-15+,22-20+,23-21+,28-26+,30-27+,37-35+,43-41+. The number of hydrogen-bond donors (Lipinski definition) is 0. The third kappa shape index (κ3) is 46.8. The molecule has 0 fully saturated rings. The summed E-state index contributed by atoms with van der Waals surface area (Å²) in [6.07, 6.45) is 69.5. The summed E-state index contributed by atoms with van der Waals surface area (Å²) in [7, 11) is 5.39. The van der Waals surface area contributed by atoms with Gasteiger partial charge in [0.15, 0.2) is 6.10 Å². The summed E-state index contributed by atoms with van der Waals surface area (Å²) in [5.74, 6) is -1.81. The highest BCUT2D eigenvalue weighted by Gasteiger charge is 2.25. The molecule has 0 N–H and O–H groups in total. The van der Waals surface area contributed by atoms with Crippen LogP contribution < -0.4 is 5.11 Å². The van der Waals surface area contributed by atoms with Crippen molar-refractivity contribution in [2.75, 3.05) is 41.0 Å². The first kappa shape index (κ1) is 63.7. The van der Waals surface area contributed by atoms with Crippen molar-refractivity contribution in [1.29, 1.82) is 0 Å². The van der Waals surface area contributed by atoms with Gasteiger partial charge in [0.1, 0.15) is 12.6 Å². The molecular weight excluding hydrogens is 847 g/mol. The van der Waals surface area contributed by atoms with E-state index < -0.39 is 18.1 Å². The van der Waals surface area contributed by atoms with Crippen LogP contribution >= 0.6 is 0 Å². The van der Waals surface area contributed by atoms with E-state index >= 15 is 0 Å². The fourth-order valence-corrected chi connectivity index (χ4v) is 7.06. The minimum atomic E-state index is -1.14. The molecular formula is C60H97NO7. The van der Waals surface area contributed by atoms with Crippen LogP contribution in [0.15, 0.2) is 122 Å². The summed E-state index contributed by atoms with van der Waals surface area (Å²) >= 11 is 0. The van der Waals surface area contributed by atoms with E-state index in [1.54, 1.807) is 21.1 Å². The van der Waals surface area contributed by atoms with Crippen LogP contribution in [0.25, 0.3) is 0 Å². The molecule has 0 spiro atoms. The molecule has 8 heteroatoms. The number of allylic oxidation sites excluding steroid dienone is 20. The van der Waals surface area contributed by atoms with Gasteiger partial charge >= 0.3 is 11.9 Å². The zero-order valence-corrected chi connectivity index (χ0v) is 43.7. The lowest BCUT2D eigenvalue weighted by molar-refractivity contribution is -0.889. The molecule has 0 aromatic rings. The Hall–Kier alpha value is -4.27. The number of esters is 2. The van der Waals surface area contributed by atoms with Gasteiger partial charge in [-0.3, -0.25) is 9.59 Å². The van der Waals surface area contributed by atoms with Gasteiger partial charge in [-0.2, -0.15) is 0 Å². The maximum absolute atomic E-state index is 12.8. The summed E-state index contributed by atoms with van der Waals surface area (Å²) in [6, 6.07) is -0.743. The molecule has 2 unspecified atom stereocenters. The van der Waals surface area contributed by atoms with Gasteiger partial charge in [0.25, 0.3) is 0 Å². The molecule has 2 atom stereocenters. The minimum absolute atomic E-state index is 0.0136. The predicted molar refractivity (Wildman–Crippen MR) is 286 cm³/mol.